The van der Waals surface area contributed by atoms with Crippen molar-refractivity contribution in [1.82, 2.24) is 10.6 Å². The second kappa shape index (κ2) is 10.0. The van der Waals surface area contributed by atoms with Crippen LogP contribution in [0.3, 0.4) is 0 Å². The van der Waals surface area contributed by atoms with Crippen LogP contribution < -0.4 is 25.4 Å². The zero-order chi connectivity index (χ0) is 23.4. The summed E-state index contributed by atoms with van der Waals surface area (Å²) >= 11 is 8.83. The number of thiocarbonyl (C=S) groups is 1. The predicted molar refractivity (Wildman–Crippen MR) is 128 cm³/mol. The zero-order valence-corrected chi connectivity index (χ0v) is 20.0. The zero-order valence-electron chi connectivity index (χ0n) is 17.6. The van der Waals surface area contributed by atoms with E-state index in [1.807, 2.05) is 31.2 Å². The molecule has 0 radical (unpaired) electrons. The summed E-state index contributed by atoms with van der Waals surface area (Å²) in [6.07, 6.45) is 0. The number of aryl methyl sites for hydroxylation is 1. The highest BCUT2D eigenvalue weighted by atomic mass is 79.9. The Labute approximate surface area is 199 Å². The van der Waals surface area contributed by atoms with Crippen molar-refractivity contribution in [2.75, 3.05) is 19.0 Å². The molecule has 8 nitrogen and oxygen atoms in total. The first-order valence-electron chi connectivity index (χ1n) is 9.58. The first kappa shape index (κ1) is 23.6. The van der Waals surface area contributed by atoms with E-state index in [1.54, 1.807) is 19.1 Å². The molecule has 4 N–H and O–H groups in total. The van der Waals surface area contributed by atoms with Crippen molar-refractivity contribution in [3.05, 3.63) is 63.3 Å². The number of hydrogen-bond acceptors (Lipinski definition) is 5. The summed E-state index contributed by atoms with van der Waals surface area (Å²) in [5.41, 5.74) is 3.37. The smallest absolute Gasteiger partial charge is 0.341 e. The number of aliphatic carboxylic acids is 1. The Bertz CT molecular complexity index is 1120. The van der Waals surface area contributed by atoms with Crippen LogP contribution in [-0.2, 0) is 9.59 Å². The van der Waals surface area contributed by atoms with Gasteiger partial charge in [-0.15, -0.1) is 0 Å². The van der Waals surface area contributed by atoms with Gasteiger partial charge in [-0.25, -0.2) is 4.79 Å². The molecule has 2 aromatic rings. The van der Waals surface area contributed by atoms with Gasteiger partial charge in [-0.1, -0.05) is 34.1 Å². The van der Waals surface area contributed by atoms with Gasteiger partial charge >= 0.3 is 5.97 Å². The van der Waals surface area contributed by atoms with Crippen LogP contribution >= 0.6 is 28.1 Å². The quantitative estimate of drug-likeness (QED) is 0.410. The van der Waals surface area contributed by atoms with Crippen LogP contribution in [0.15, 0.2) is 52.1 Å². The van der Waals surface area contributed by atoms with Crippen LogP contribution in [0.1, 0.15) is 24.1 Å². The fourth-order valence-electron chi connectivity index (χ4n) is 3.31. The molecule has 0 fully saturated rings. The number of nitrogens with one attached hydrogen (secondary N) is 3. The second-order valence-electron chi connectivity index (χ2n) is 7.05. The van der Waals surface area contributed by atoms with Gasteiger partial charge in [0.1, 0.15) is 0 Å². The maximum Gasteiger partial charge on any atom is 0.341 e. The maximum absolute atomic E-state index is 13.3. The minimum absolute atomic E-state index is 0.258. The Morgan fingerprint density at radius 2 is 1.94 bits per heavy atom. The fraction of sp³-hybridized carbons (Fsp3) is 0.227. The summed E-state index contributed by atoms with van der Waals surface area (Å²) in [6, 6.07) is 10.2. The van der Waals surface area contributed by atoms with E-state index in [1.165, 1.54) is 7.11 Å². The van der Waals surface area contributed by atoms with Gasteiger partial charge in [-0.2, -0.15) is 0 Å². The third-order valence-corrected chi connectivity index (χ3v) is 5.76. The molecular weight excluding hydrogens is 498 g/mol. The van der Waals surface area contributed by atoms with Crippen molar-refractivity contribution >= 4 is 50.8 Å². The van der Waals surface area contributed by atoms with Crippen LogP contribution in [0.4, 0.5) is 5.69 Å². The van der Waals surface area contributed by atoms with Crippen LogP contribution in [0.25, 0.3) is 0 Å². The van der Waals surface area contributed by atoms with E-state index in [0.29, 0.717) is 37.9 Å². The maximum atomic E-state index is 13.3. The Morgan fingerprint density at radius 3 is 2.59 bits per heavy atom. The van der Waals surface area contributed by atoms with Crippen LogP contribution in [0.5, 0.6) is 11.5 Å². The molecule has 1 amide bonds. The molecule has 0 bridgehead atoms. The van der Waals surface area contributed by atoms with Gasteiger partial charge in [-0.05, 0) is 55.4 Å². The molecular formula is C22H22BrN3O5S. The standard InChI is InChI=1S/C22H22BrN3O5S/c1-11-6-4-5-7-15(11)25-21(29)19-12(2)24-22(32)26-20(19)13-8-16(30-3)17(9-14(13)23)31-10-18(27)28/h4-9,20H,10H2,1-3H3,(H,25,29)(H,27,28)(H2,24,26,32)/t20-/m0/s1. The fourth-order valence-corrected chi connectivity index (χ4v) is 4.14. The lowest BCUT2D eigenvalue weighted by atomic mass is 9.94. The van der Waals surface area contributed by atoms with Crippen molar-refractivity contribution in [2.45, 2.75) is 19.9 Å². The second-order valence-corrected chi connectivity index (χ2v) is 8.31. The van der Waals surface area contributed by atoms with Crippen molar-refractivity contribution < 1.29 is 24.2 Å². The molecule has 2 aromatic carbocycles. The van der Waals surface area contributed by atoms with E-state index in [4.69, 9.17) is 26.8 Å². The molecule has 0 unspecified atom stereocenters. The molecule has 1 aliphatic rings. The predicted octanol–water partition coefficient (Wildman–Crippen LogP) is 3.66. The van der Waals surface area contributed by atoms with Gasteiger partial charge in [0.2, 0.25) is 0 Å². The van der Waals surface area contributed by atoms with E-state index in [9.17, 15) is 9.59 Å². The molecule has 1 aliphatic heterocycles. The molecule has 0 aromatic heterocycles. The van der Waals surface area contributed by atoms with Crippen LogP contribution in [0, 0.1) is 6.92 Å². The van der Waals surface area contributed by atoms with E-state index in [-0.39, 0.29) is 11.7 Å². The lowest BCUT2D eigenvalue weighted by molar-refractivity contribution is -0.139. The Morgan fingerprint density at radius 1 is 1.22 bits per heavy atom. The van der Waals surface area contributed by atoms with Crippen molar-refractivity contribution in [3.63, 3.8) is 0 Å². The van der Waals surface area contributed by atoms with E-state index >= 15 is 0 Å². The number of carboxylic acid groups (broad SMARTS) is 1. The minimum atomic E-state index is -1.11. The lowest BCUT2D eigenvalue weighted by Gasteiger charge is -2.31. The summed E-state index contributed by atoms with van der Waals surface area (Å²) in [7, 11) is 1.45. The van der Waals surface area contributed by atoms with Crippen LogP contribution in [-0.4, -0.2) is 35.8 Å². The number of anilines is 1. The average molecular weight is 520 g/mol. The highest BCUT2D eigenvalue weighted by Crippen LogP contribution is 2.39. The molecule has 3 rings (SSSR count). The highest BCUT2D eigenvalue weighted by molar-refractivity contribution is 9.10. The SMILES string of the molecule is COc1cc([C@@H]2NC(=S)NC(C)=C2C(=O)Nc2ccccc2C)c(Br)cc1OCC(=O)O. The Hall–Kier alpha value is -3.11. The topological polar surface area (TPSA) is 109 Å². The molecule has 1 heterocycles. The number of carboxylic acids is 1. The normalized spacial score (nSPS) is 15.5. The third kappa shape index (κ3) is 5.20. The van der Waals surface area contributed by atoms with Gasteiger partial charge in [0, 0.05) is 15.9 Å². The number of carbonyl (C=O) groups is 2. The first-order chi connectivity index (χ1) is 15.2. The number of amides is 1. The summed E-state index contributed by atoms with van der Waals surface area (Å²) < 4.78 is 11.3. The summed E-state index contributed by atoms with van der Waals surface area (Å²) in [5, 5.41) is 18.4. The lowest BCUT2D eigenvalue weighted by Crippen LogP contribution is -2.45. The number of ether oxygens (including phenoxy) is 2. The summed E-state index contributed by atoms with van der Waals surface area (Å²) in [6.45, 7) is 3.18. The van der Waals surface area contributed by atoms with Gasteiger partial charge in [0.05, 0.1) is 18.7 Å². The van der Waals surface area contributed by atoms with E-state index in [2.05, 4.69) is 31.9 Å². The number of hydrogen-bond donors (Lipinski definition) is 4. The average Bonchev–Trinajstić information content (AvgIpc) is 2.73. The van der Waals surface area contributed by atoms with Gasteiger partial charge in [-0.3, -0.25) is 4.79 Å². The third-order valence-electron chi connectivity index (χ3n) is 4.85. The van der Waals surface area contributed by atoms with Crippen molar-refractivity contribution in [1.29, 1.82) is 0 Å². The van der Waals surface area contributed by atoms with Crippen molar-refractivity contribution in [3.8, 4) is 11.5 Å². The van der Waals surface area contributed by atoms with Gasteiger partial charge in [0.15, 0.2) is 23.2 Å². The molecule has 32 heavy (non-hydrogen) atoms. The van der Waals surface area contributed by atoms with Gasteiger partial charge in [0.25, 0.3) is 5.91 Å². The highest BCUT2D eigenvalue weighted by Gasteiger charge is 2.32. The van der Waals surface area contributed by atoms with Crippen LogP contribution in [0.2, 0.25) is 0 Å². The number of halogens is 1. The monoisotopic (exact) mass is 519 g/mol. The van der Waals surface area contributed by atoms with Gasteiger partial charge < -0.3 is 30.5 Å². The summed E-state index contributed by atoms with van der Waals surface area (Å²) in [4.78, 5) is 24.2. The molecule has 10 heteroatoms. The summed E-state index contributed by atoms with van der Waals surface area (Å²) in [5.74, 6) is -0.812. The molecule has 0 spiro atoms. The molecule has 1 atom stereocenters. The van der Waals surface area contributed by atoms with E-state index < -0.39 is 18.6 Å². The molecule has 0 saturated carbocycles. The number of carbonyl (C=O) groups excluding carboxylic acids is 1. The number of benzene rings is 2. The molecule has 168 valence electrons. The largest absolute Gasteiger partial charge is 0.493 e. The number of methoxy groups -OCH3 is 1. The Balaban J connectivity index is 2.01. The Kier molecular flexibility index (Phi) is 7.37. The first-order valence-corrected chi connectivity index (χ1v) is 10.8. The molecule has 0 saturated heterocycles. The number of allylic oxidation sites excluding steroid dienone is 1. The number of para-hydroxylation sites is 1. The van der Waals surface area contributed by atoms with E-state index in [0.717, 1.165) is 5.56 Å². The van der Waals surface area contributed by atoms with Crippen molar-refractivity contribution in [2.24, 2.45) is 0 Å². The molecule has 0 aliphatic carbocycles. The minimum Gasteiger partial charge on any atom is -0.493 e. The number of rotatable bonds is 7.